The quantitative estimate of drug-likeness (QED) is 0.865. The van der Waals surface area contributed by atoms with Crippen LogP contribution in [0.3, 0.4) is 0 Å². The maximum Gasteiger partial charge on any atom is 0.0926 e. The molecule has 1 N–H and O–H groups in total. The van der Waals surface area contributed by atoms with E-state index < -0.39 is 0 Å². The van der Waals surface area contributed by atoms with E-state index in [0.29, 0.717) is 0 Å². The summed E-state index contributed by atoms with van der Waals surface area (Å²) < 4.78 is 0. The highest BCUT2D eigenvalue weighted by Crippen LogP contribution is 2.28. The minimum Gasteiger partial charge on any atom is -0.311 e. The zero-order chi connectivity index (χ0) is 12.1. The summed E-state index contributed by atoms with van der Waals surface area (Å²) in [6.07, 6.45) is 6.75. The normalized spacial score (nSPS) is 25.1. The van der Waals surface area contributed by atoms with Crippen LogP contribution in [0.15, 0.2) is 5.38 Å². The number of nitrogens with zero attached hydrogens (tertiary/aromatic N) is 1. The predicted octanol–water partition coefficient (Wildman–Crippen LogP) is 3.62. The number of rotatable bonds is 5. The molecule has 2 rings (SSSR count). The van der Waals surface area contributed by atoms with Crippen LogP contribution in [0.4, 0.5) is 0 Å². The largest absolute Gasteiger partial charge is 0.311 e. The first kappa shape index (κ1) is 13.0. The molecule has 1 aromatic heterocycles. The van der Waals surface area contributed by atoms with Crippen LogP contribution in [-0.2, 0) is 13.0 Å². The molecule has 17 heavy (non-hydrogen) atoms. The smallest absolute Gasteiger partial charge is 0.0926 e. The summed E-state index contributed by atoms with van der Waals surface area (Å²) in [6, 6.07) is 0. The number of thiazole rings is 1. The van der Waals surface area contributed by atoms with Gasteiger partial charge in [-0.1, -0.05) is 33.1 Å². The molecule has 1 aliphatic carbocycles. The fourth-order valence-corrected chi connectivity index (χ4v) is 3.42. The zero-order valence-corrected chi connectivity index (χ0v) is 11.9. The van der Waals surface area contributed by atoms with Gasteiger partial charge in [-0.05, 0) is 31.2 Å². The summed E-state index contributed by atoms with van der Waals surface area (Å²) in [6.45, 7) is 6.68. The third-order valence-electron chi connectivity index (χ3n) is 3.90. The molecule has 1 fully saturated rings. The van der Waals surface area contributed by atoms with Crippen molar-refractivity contribution in [2.24, 2.45) is 11.8 Å². The third-order valence-corrected chi connectivity index (χ3v) is 4.95. The number of aryl methyl sites for hydroxylation is 1. The molecule has 1 aliphatic rings. The van der Waals surface area contributed by atoms with E-state index in [1.807, 2.05) is 0 Å². The van der Waals surface area contributed by atoms with Crippen LogP contribution in [0.25, 0.3) is 0 Å². The average molecular weight is 252 g/mol. The Morgan fingerprint density at radius 3 is 2.94 bits per heavy atom. The SMILES string of the molecule is CCc1nc(CNCC2CCCCC2C)cs1. The standard InChI is InChI=1S/C14H24N2S/c1-3-14-16-13(10-17-14)9-15-8-12-7-5-4-6-11(12)2/h10-12,15H,3-9H2,1-2H3. The Bertz CT molecular complexity index is 335. The Morgan fingerprint density at radius 1 is 1.41 bits per heavy atom. The van der Waals surface area contributed by atoms with Gasteiger partial charge < -0.3 is 5.32 Å². The van der Waals surface area contributed by atoms with Gasteiger partial charge in [0.15, 0.2) is 0 Å². The van der Waals surface area contributed by atoms with E-state index in [1.165, 1.54) is 42.9 Å². The summed E-state index contributed by atoms with van der Waals surface area (Å²) in [5.74, 6) is 1.78. The molecule has 1 saturated carbocycles. The van der Waals surface area contributed by atoms with Gasteiger partial charge in [-0.2, -0.15) is 0 Å². The minimum atomic E-state index is 0.882. The lowest BCUT2D eigenvalue weighted by Gasteiger charge is -2.28. The number of nitrogens with one attached hydrogen (secondary N) is 1. The monoisotopic (exact) mass is 252 g/mol. The average Bonchev–Trinajstić information content (AvgIpc) is 2.80. The summed E-state index contributed by atoms with van der Waals surface area (Å²) in [7, 11) is 0. The van der Waals surface area contributed by atoms with Crippen LogP contribution in [0.2, 0.25) is 0 Å². The van der Waals surface area contributed by atoms with Crippen molar-refractivity contribution in [1.82, 2.24) is 10.3 Å². The van der Waals surface area contributed by atoms with Crippen molar-refractivity contribution >= 4 is 11.3 Å². The molecule has 2 nitrogen and oxygen atoms in total. The van der Waals surface area contributed by atoms with E-state index in [4.69, 9.17) is 0 Å². The van der Waals surface area contributed by atoms with Gasteiger partial charge in [-0.25, -0.2) is 4.98 Å². The van der Waals surface area contributed by atoms with Crippen molar-refractivity contribution in [3.63, 3.8) is 0 Å². The van der Waals surface area contributed by atoms with E-state index >= 15 is 0 Å². The molecule has 0 radical (unpaired) electrons. The van der Waals surface area contributed by atoms with Crippen molar-refractivity contribution in [3.8, 4) is 0 Å². The predicted molar refractivity (Wildman–Crippen MR) is 74.3 cm³/mol. The molecule has 96 valence electrons. The highest BCUT2D eigenvalue weighted by molar-refractivity contribution is 7.09. The first-order valence-electron chi connectivity index (χ1n) is 6.93. The van der Waals surface area contributed by atoms with Crippen molar-refractivity contribution in [3.05, 3.63) is 16.1 Å². The zero-order valence-electron chi connectivity index (χ0n) is 11.0. The Balaban J connectivity index is 1.71. The van der Waals surface area contributed by atoms with Gasteiger partial charge in [-0.3, -0.25) is 0 Å². The van der Waals surface area contributed by atoms with E-state index in [0.717, 1.165) is 24.8 Å². The maximum absolute atomic E-state index is 4.59. The van der Waals surface area contributed by atoms with E-state index in [2.05, 4.69) is 29.5 Å². The van der Waals surface area contributed by atoms with Crippen molar-refractivity contribution < 1.29 is 0 Å². The molecule has 0 aromatic carbocycles. The Kier molecular flexibility index (Phi) is 4.99. The molecule has 2 unspecified atom stereocenters. The van der Waals surface area contributed by atoms with Crippen molar-refractivity contribution in [2.75, 3.05) is 6.54 Å². The van der Waals surface area contributed by atoms with E-state index in [9.17, 15) is 0 Å². The molecular formula is C14H24N2S. The second kappa shape index (κ2) is 6.50. The van der Waals surface area contributed by atoms with Crippen LogP contribution in [0.5, 0.6) is 0 Å². The fraction of sp³-hybridized carbons (Fsp3) is 0.786. The van der Waals surface area contributed by atoms with Crippen LogP contribution in [0.1, 0.15) is 50.2 Å². The number of hydrogen-bond acceptors (Lipinski definition) is 3. The molecule has 0 aliphatic heterocycles. The molecule has 1 heterocycles. The Labute approximate surface area is 109 Å². The number of hydrogen-bond donors (Lipinski definition) is 1. The maximum atomic E-state index is 4.59. The molecule has 3 heteroatoms. The second-order valence-electron chi connectivity index (χ2n) is 5.24. The molecule has 0 bridgehead atoms. The van der Waals surface area contributed by atoms with Crippen LogP contribution < -0.4 is 5.32 Å². The molecule has 0 amide bonds. The first-order valence-corrected chi connectivity index (χ1v) is 7.81. The Morgan fingerprint density at radius 2 is 2.24 bits per heavy atom. The first-order chi connectivity index (χ1) is 8.29. The van der Waals surface area contributed by atoms with Crippen molar-refractivity contribution in [2.45, 2.75) is 52.5 Å². The van der Waals surface area contributed by atoms with Gasteiger partial charge in [0.2, 0.25) is 0 Å². The van der Waals surface area contributed by atoms with E-state index in [1.54, 1.807) is 11.3 Å². The Hall–Kier alpha value is -0.410. The van der Waals surface area contributed by atoms with Crippen LogP contribution in [0, 0.1) is 11.8 Å². The summed E-state index contributed by atoms with van der Waals surface area (Å²) >= 11 is 1.78. The molecule has 1 aromatic rings. The topological polar surface area (TPSA) is 24.9 Å². The minimum absolute atomic E-state index is 0.882. The lowest BCUT2D eigenvalue weighted by atomic mass is 9.80. The van der Waals surface area contributed by atoms with E-state index in [-0.39, 0.29) is 0 Å². The number of aromatic nitrogens is 1. The van der Waals surface area contributed by atoms with Gasteiger partial charge >= 0.3 is 0 Å². The highest BCUT2D eigenvalue weighted by Gasteiger charge is 2.20. The molecule has 0 saturated heterocycles. The van der Waals surface area contributed by atoms with Gasteiger partial charge in [-0.15, -0.1) is 11.3 Å². The molecular weight excluding hydrogens is 228 g/mol. The van der Waals surface area contributed by atoms with Crippen LogP contribution >= 0.6 is 11.3 Å². The van der Waals surface area contributed by atoms with Gasteiger partial charge in [0, 0.05) is 11.9 Å². The van der Waals surface area contributed by atoms with Crippen molar-refractivity contribution in [1.29, 1.82) is 0 Å². The van der Waals surface area contributed by atoms with Gasteiger partial charge in [0.05, 0.1) is 10.7 Å². The highest BCUT2D eigenvalue weighted by atomic mass is 32.1. The van der Waals surface area contributed by atoms with Gasteiger partial charge in [0.1, 0.15) is 0 Å². The lowest BCUT2D eigenvalue weighted by Crippen LogP contribution is -2.29. The third kappa shape index (κ3) is 3.78. The lowest BCUT2D eigenvalue weighted by molar-refractivity contribution is 0.247. The van der Waals surface area contributed by atoms with Crippen LogP contribution in [-0.4, -0.2) is 11.5 Å². The fourth-order valence-electron chi connectivity index (χ4n) is 2.67. The second-order valence-corrected chi connectivity index (χ2v) is 6.18. The summed E-state index contributed by atoms with van der Waals surface area (Å²) in [5.41, 5.74) is 1.22. The molecule has 2 atom stereocenters. The summed E-state index contributed by atoms with van der Waals surface area (Å²) in [5, 5.41) is 7.03. The molecule has 0 spiro atoms. The van der Waals surface area contributed by atoms with Gasteiger partial charge in [0.25, 0.3) is 0 Å². The summed E-state index contributed by atoms with van der Waals surface area (Å²) in [4.78, 5) is 4.59.